The van der Waals surface area contributed by atoms with Crippen molar-refractivity contribution in [1.82, 2.24) is 0 Å². The molecule has 0 spiro atoms. The third-order valence-corrected chi connectivity index (χ3v) is 12.7. The molecule has 200 valence electrons. The highest BCUT2D eigenvalue weighted by atomic mass is 79.9. The van der Waals surface area contributed by atoms with Crippen molar-refractivity contribution in [2.75, 3.05) is 7.11 Å². The molecule has 1 heterocycles. The molecule has 0 unspecified atom stereocenters. The summed E-state index contributed by atoms with van der Waals surface area (Å²) in [6.45, 7) is 8.84. The van der Waals surface area contributed by atoms with Gasteiger partial charge in [-0.3, -0.25) is 0 Å². The molecule has 0 fully saturated rings. The first-order valence-corrected chi connectivity index (χ1v) is 16.6. The lowest BCUT2D eigenvalue weighted by Crippen LogP contribution is -2.65. The van der Waals surface area contributed by atoms with Gasteiger partial charge in [0.15, 0.2) is 0 Å². The highest BCUT2D eigenvalue weighted by Gasteiger charge is 2.49. The summed E-state index contributed by atoms with van der Waals surface area (Å²) < 4.78 is 12.9. The molecule has 0 aromatic heterocycles. The first kappa shape index (κ1) is 30.3. The molecule has 2 aromatic rings. The minimum atomic E-state index is -2.99. The summed E-state index contributed by atoms with van der Waals surface area (Å²) in [7, 11) is -1.25. The maximum Gasteiger partial charge on any atom is 0.258 e. The predicted molar refractivity (Wildman–Crippen MR) is 166 cm³/mol. The van der Waals surface area contributed by atoms with E-state index < -0.39 is 8.32 Å². The molecule has 0 amide bonds. The number of hydrogen-bond acceptors (Lipinski definition) is 3. The fraction of sp³-hybridized carbons (Fsp3) is 0.419. The molecule has 6 heteroatoms. The van der Waals surface area contributed by atoms with Crippen LogP contribution in [-0.4, -0.2) is 38.5 Å². The Morgan fingerprint density at radius 1 is 1.03 bits per heavy atom. The smallest absolute Gasteiger partial charge is 0.258 e. The minimum Gasteiger partial charge on any atom is -0.424 e. The van der Waals surface area contributed by atoms with Crippen molar-refractivity contribution in [3.05, 3.63) is 94.4 Å². The third kappa shape index (κ3) is 8.10. The van der Waals surface area contributed by atoms with Gasteiger partial charge in [0.2, 0.25) is 0 Å². The van der Waals surface area contributed by atoms with Crippen LogP contribution in [0.1, 0.15) is 52.4 Å². The second-order valence-electron chi connectivity index (χ2n) is 10.5. The summed E-state index contributed by atoms with van der Waals surface area (Å²) >= 11 is 6.83. The van der Waals surface area contributed by atoms with Crippen LogP contribution in [0.5, 0.6) is 0 Å². The van der Waals surface area contributed by atoms with Crippen LogP contribution in [0.4, 0.5) is 0 Å². The van der Waals surface area contributed by atoms with E-state index in [4.69, 9.17) is 9.47 Å². The average molecular weight is 649 g/mol. The maximum atomic E-state index is 12.4. The molecule has 1 aliphatic rings. The number of allylic oxidation sites excluding steroid dienone is 1. The van der Waals surface area contributed by atoms with E-state index >= 15 is 0 Å². The summed E-state index contributed by atoms with van der Waals surface area (Å²) in [5, 5.41) is 1.85. The van der Waals surface area contributed by atoms with E-state index in [-0.39, 0.29) is 23.4 Å². The van der Waals surface area contributed by atoms with Gasteiger partial charge in [-0.05, 0) is 85.8 Å². The van der Waals surface area contributed by atoms with Crippen molar-refractivity contribution < 1.29 is 14.3 Å². The Morgan fingerprint density at radius 2 is 1.62 bits per heavy atom. The quantitative estimate of drug-likeness (QED) is 0.182. The van der Waals surface area contributed by atoms with Crippen LogP contribution in [0.2, 0.25) is 5.04 Å². The Bertz CT molecular complexity index is 1010. The number of ether oxygens (including phenoxy) is 2. The van der Waals surface area contributed by atoms with Crippen LogP contribution >= 0.6 is 31.9 Å². The van der Waals surface area contributed by atoms with Gasteiger partial charge in [-0.2, -0.15) is 0 Å². The van der Waals surface area contributed by atoms with Crippen LogP contribution in [0, 0.1) is 0 Å². The number of benzene rings is 2. The normalized spacial score (nSPS) is 20.0. The van der Waals surface area contributed by atoms with E-state index in [1.54, 1.807) is 7.11 Å². The summed E-state index contributed by atoms with van der Waals surface area (Å²) in [4.78, 5) is 12.4. The molecular weight excluding hydrogens is 608 g/mol. The van der Waals surface area contributed by atoms with Crippen LogP contribution in [-0.2, 0) is 9.47 Å². The molecule has 2 aromatic carbocycles. The summed E-state index contributed by atoms with van der Waals surface area (Å²) in [6, 6.07) is 20.5. The highest BCUT2D eigenvalue weighted by Crippen LogP contribution is 2.41. The topological polar surface area (TPSA) is 38.7 Å². The number of hydrogen-bond donors (Lipinski definition) is 1. The lowest BCUT2D eigenvalue weighted by molar-refractivity contribution is -0.0726. The van der Waals surface area contributed by atoms with Crippen molar-refractivity contribution in [2.45, 2.75) is 75.7 Å². The van der Waals surface area contributed by atoms with Gasteiger partial charge >= 0.3 is 0 Å². The van der Waals surface area contributed by atoms with Crippen molar-refractivity contribution >= 4 is 50.6 Å². The Hall–Kier alpha value is -1.28. The molecule has 1 aliphatic heterocycles. The molecule has 3 rings (SSSR count). The SMILES string of the molecule is C=C(CCC[C@H]1O[C@H](CC=C(Br)Br)C=C[C@@H]1OC)CCC(C)(C)[Si](O)(c1ccccc1)c1ccccc1. The molecule has 3 nitrogen and oxygen atoms in total. The van der Waals surface area contributed by atoms with Gasteiger partial charge in [0, 0.05) is 7.11 Å². The van der Waals surface area contributed by atoms with Crippen molar-refractivity contribution in [3.8, 4) is 0 Å². The summed E-state index contributed by atoms with van der Waals surface area (Å²) in [5.74, 6) is 0. The largest absolute Gasteiger partial charge is 0.424 e. The molecule has 0 aliphatic carbocycles. The molecule has 3 atom stereocenters. The van der Waals surface area contributed by atoms with Crippen molar-refractivity contribution in [2.24, 2.45) is 0 Å². The van der Waals surface area contributed by atoms with E-state index in [0.29, 0.717) is 0 Å². The lowest BCUT2D eigenvalue weighted by Gasteiger charge is -2.41. The fourth-order valence-corrected chi connectivity index (χ4v) is 9.27. The van der Waals surface area contributed by atoms with E-state index in [2.05, 4.69) is 94.8 Å². The predicted octanol–water partition coefficient (Wildman–Crippen LogP) is 7.39. The van der Waals surface area contributed by atoms with E-state index in [1.165, 1.54) is 5.57 Å². The number of rotatable bonds is 13. The number of methoxy groups -OCH3 is 1. The van der Waals surface area contributed by atoms with E-state index in [9.17, 15) is 4.80 Å². The molecule has 0 saturated heterocycles. The Balaban J connectivity index is 1.59. The Morgan fingerprint density at radius 3 is 2.16 bits per heavy atom. The van der Waals surface area contributed by atoms with Gasteiger partial charge in [-0.25, -0.2) is 0 Å². The monoisotopic (exact) mass is 646 g/mol. The molecule has 0 radical (unpaired) electrons. The lowest BCUT2D eigenvalue weighted by atomic mass is 9.96. The summed E-state index contributed by atoms with van der Waals surface area (Å²) in [6.07, 6.45) is 11.8. The van der Waals surface area contributed by atoms with Gasteiger partial charge < -0.3 is 14.3 Å². The third-order valence-electron chi connectivity index (χ3n) is 7.49. The Labute approximate surface area is 241 Å². The van der Waals surface area contributed by atoms with E-state index in [0.717, 1.165) is 52.3 Å². The second kappa shape index (κ2) is 14.2. The Kier molecular flexibility index (Phi) is 11.6. The van der Waals surface area contributed by atoms with Gasteiger partial charge in [-0.1, -0.05) is 105 Å². The number of halogens is 2. The fourth-order valence-electron chi connectivity index (χ4n) is 5.16. The van der Waals surface area contributed by atoms with Gasteiger partial charge in [-0.15, -0.1) is 0 Å². The maximum absolute atomic E-state index is 12.4. The zero-order chi connectivity index (χ0) is 26.9. The van der Waals surface area contributed by atoms with Crippen LogP contribution < -0.4 is 10.4 Å². The van der Waals surface area contributed by atoms with Crippen LogP contribution in [0.25, 0.3) is 0 Å². The second-order valence-corrected chi connectivity index (χ2v) is 17.2. The highest BCUT2D eigenvalue weighted by molar-refractivity contribution is 9.28. The van der Waals surface area contributed by atoms with Crippen molar-refractivity contribution in [1.29, 1.82) is 0 Å². The molecule has 1 N–H and O–H groups in total. The van der Waals surface area contributed by atoms with Crippen LogP contribution in [0.15, 0.2) is 94.4 Å². The standard InChI is InChI=1S/C31H40Br2O3Si/c1-24(12-11-17-29-28(35-4)20-18-25(36-29)19-21-30(32)33)22-23-31(2,3)37(34,26-13-7-5-8-14-26)27-15-9-6-10-16-27/h5-10,13-16,18,20-21,25,28-29,34H,1,11-12,17,19,22-23H2,2-4H3/t25-,28-,29+/m0/s1. The van der Waals surface area contributed by atoms with Gasteiger partial charge in [0.25, 0.3) is 8.32 Å². The zero-order valence-electron chi connectivity index (χ0n) is 22.2. The minimum absolute atomic E-state index is 0.0161. The van der Waals surface area contributed by atoms with Crippen LogP contribution in [0.3, 0.4) is 0 Å². The van der Waals surface area contributed by atoms with E-state index in [1.807, 2.05) is 36.4 Å². The molecule has 0 bridgehead atoms. The van der Waals surface area contributed by atoms with Gasteiger partial charge in [0.05, 0.1) is 15.6 Å². The molecule has 0 saturated carbocycles. The summed E-state index contributed by atoms with van der Waals surface area (Å²) in [5.41, 5.74) is 1.23. The first-order chi connectivity index (χ1) is 17.7. The molecule has 37 heavy (non-hydrogen) atoms. The van der Waals surface area contributed by atoms with Gasteiger partial charge in [0.1, 0.15) is 6.10 Å². The average Bonchev–Trinajstić information content (AvgIpc) is 2.91. The zero-order valence-corrected chi connectivity index (χ0v) is 26.4. The first-order valence-electron chi connectivity index (χ1n) is 13.0. The van der Waals surface area contributed by atoms with Crippen molar-refractivity contribution in [3.63, 3.8) is 0 Å². The molecular formula is C31H40Br2O3Si.